The van der Waals surface area contributed by atoms with Gasteiger partial charge in [0, 0.05) is 12.1 Å². The minimum absolute atomic E-state index is 0.0334. The number of fused-ring (bicyclic) bond motifs is 1. The number of anilines is 1. The number of aromatic nitrogens is 1. The molecule has 24 heavy (non-hydrogen) atoms. The molecule has 1 amide bonds. The Morgan fingerprint density at radius 3 is 2.96 bits per heavy atom. The van der Waals surface area contributed by atoms with E-state index in [2.05, 4.69) is 15.6 Å². The van der Waals surface area contributed by atoms with Crippen LogP contribution in [0, 0.1) is 11.7 Å². The largest absolute Gasteiger partial charge is 0.325 e. The summed E-state index contributed by atoms with van der Waals surface area (Å²) in [4.78, 5) is 17.0. The van der Waals surface area contributed by atoms with E-state index in [1.165, 1.54) is 23.5 Å². The second-order valence-electron chi connectivity index (χ2n) is 5.86. The smallest absolute Gasteiger partial charge is 0.228 e. The van der Waals surface area contributed by atoms with Gasteiger partial charge in [0.1, 0.15) is 10.8 Å². The number of amides is 1. The number of carbonyl (C=O) groups excluding carboxylic acids is 1. The Balaban J connectivity index is 1.71. The molecule has 3 aromatic rings. The van der Waals surface area contributed by atoms with E-state index < -0.39 is 0 Å². The molecule has 1 unspecified atom stereocenters. The predicted octanol–water partition coefficient (Wildman–Crippen LogP) is 3.65. The highest BCUT2D eigenvalue weighted by Gasteiger charge is 2.23. The molecule has 4 rings (SSSR count). The van der Waals surface area contributed by atoms with Gasteiger partial charge in [-0.1, -0.05) is 12.1 Å². The maximum atomic E-state index is 13.8. The lowest BCUT2D eigenvalue weighted by Crippen LogP contribution is -2.24. The van der Waals surface area contributed by atoms with Gasteiger partial charge < -0.3 is 10.6 Å². The fourth-order valence-electron chi connectivity index (χ4n) is 2.90. The highest BCUT2D eigenvalue weighted by molar-refractivity contribution is 7.21. The summed E-state index contributed by atoms with van der Waals surface area (Å²) in [5.41, 5.74) is 2.10. The summed E-state index contributed by atoms with van der Waals surface area (Å²) in [6.07, 6.45) is 0.823. The first-order valence-electron chi connectivity index (χ1n) is 7.88. The van der Waals surface area contributed by atoms with Crippen molar-refractivity contribution in [2.45, 2.75) is 6.42 Å². The molecule has 0 spiro atoms. The SMILES string of the molecule is O=C(Nc1ccc(F)cc1-c1nc2ccccc2s1)C1CCNC1. The molecule has 122 valence electrons. The van der Waals surface area contributed by atoms with Crippen molar-refractivity contribution in [3.8, 4) is 10.6 Å². The van der Waals surface area contributed by atoms with Gasteiger partial charge in [0.25, 0.3) is 0 Å². The van der Waals surface area contributed by atoms with E-state index in [0.29, 0.717) is 22.8 Å². The first-order valence-corrected chi connectivity index (χ1v) is 8.69. The van der Waals surface area contributed by atoms with E-state index in [9.17, 15) is 9.18 Å². The predicted molar refractivity (Wildman–Crippen MR) is 94.6 cm³/mol. The van der Waals surface area contributed by atoms with Crippen molar-refractivity contribution < 1.29 is 9.18 Å². The number of carbonyl (C=O) groups is 1. The van der Waals surface area contributed by atoms with Crippen molar-refractivity contribution in [2.24, 2.45) is 5.92 Å². The van der Waals surface area contributed by atoms with Gasteiger partial charge in [-0.2, -0.15) is 0 Å². The lowest BCUT2D eigenvalue weighted by molar-refractivity contribution is -0.119. The monoisotopic (exact) mass is 341 g/mol. The highest BCUT2D eigenvalue weighted by Crippen LogP contribution is 2.35. The molecule has 1 atom stereocenters. The molecule has 0 aliphatic carbocycles. The van der Waals surface area contributed by atoms with Gasteiger partial charge in [-0.15, -0.1) is 11.3 Å². The molecular formula is C18H16FN3OS. The molecule has 2 heterocycles. The van der Waals surface area contributed by atoms with Crippen LogP contribution in [0.2, 0.25) is 0 Å². The minimum atomic E-state index is -0.343. The van der Waals surface area contributed by atoms with Gasteiger partial charge in [0.2, 0.25) is 5.91 Å². The van der Waals surface area contributed by atoms with Gasteiger partial charge in [0.05, 0.1) is 21.8 Å². The first kappa shape index (κ1) is 15.2. The maximum absolute atomic E-state index is 13.8. The summed E-state index contributed by atoms with van der Waals surface area (Å²) in [6.45, 7) is 1.54. The van der Waals surface area contributed by atoms with Crippen LogP contribution in [0.5, 0.6) is 0 Å². The molecule has 2 aromatic carbocycles. The number of rotatable bonds is 3. The van der Waals surface area contributed by atoms with E-state index >= 15 is 0 Å². The Bertz CT molecular complexity index is 869. The lowest BCUT2D eigenvalue weighted by Gasteiger charge is -2.12. The number of hydrogen-bond donors (Lipinski definition) is 2. The van der Waals surface area contributed by atoms with Crippen LogP contribution in [-0.2, 0) is 4.79 Å². The van der Waals surface area contributed by atoms with Crippen LogP contribution in [0.15, 0.2) is 42.5 Å². The number of nitrogens with zero attached hydrogens (tertiary/aromatic N) is 1. The zero-order valence-corrected chi connectivity index (χ0v) is 13.7. The van der Waals surface area contributed by atoms with Crippen LogP contribution in [-0.4, -0.2) is 24.0 Å². The van der Waals surface area contributed by atoms with Crippen LogP contribution >= 0.6 is 11.3 Å². The number of hydrogen-bond acceptors (Lipinski definition) is 4. The maximum Gasteiger partial charge on any atom is 0.228 e. The fraction of sp³-hybridized carbons (Fsp3) is 0.222. The van der Waals surface area contributed by atoms with Crippen molar-refractivity contribution in [3.05, 3.63) is 48.3 Å². The molecule has 0 saturated carbocycles. The van der Waals surface area contributed by atoms with Gasteiger partial charge in [0.15, 0.2) is 0 Å². The molecule has 0 radical (unpaired) electrons. The topological polar surface area (TPSA) is 54.0 Å². The normalized spacial score (nSPS) is 17.3. The summed E-state index contributed by atoms with van der Waals surface area (Å²) in [5.74, 6) is -0.419. The molecule has 1 aliphatic heterocycles. The van der Waals surface area contributed by atoms with Crippen LogP contribution in [0.3, 0.4) is 0 Å². The van der Waals surface area contributed by atoms with Crippen molar-refractivity contribution in [3.63, 3.8) is 0 Å². The zero-order chi connectivity index (χ0) is 16.5. The number of thiazole rings is 1. The van der Waals surface area contributed by atoms with Gasteiger partial charge in [-0.25, -0.2) is 9.37 Å². The molecular weight excluding hydrogens is 325 g/mol. The molecule has 4 nitrogen and oxygen atoms in total. The summed E-state index contributed by atoms with van der Waals surface area (Å²) >= 11 is 1.49. The molecule has 1 aromatic heterocycles. The Hall–Kier alpha value is -2.31. The molecule has 0 bridgehead atoms. The van der Waals surface area contributed by atoms with Gasteiger partial charge in [-0.05, 0) is 43.3 Å². The highest BCUT2D eigenvalue weighted by atomic mass is 32.1. The average molecular weight is 341 g/mol. The van der Waals surface area contributed by atoms with Gasteiger partial charge in [-0.3, -0.25) is 4.79 Å². The third-order valence-corrected chi connectivity index (χ3v) is 5.26. The fourth-order valence-corrected chi connectivity index (χ4v) is 3.90. The number of nitrogens with one attached hydrogen (secondary N) is 2. The minimum Gasteiger partial charge on any atom is -0.325 e. The van der Waals surface area contributed by atoms with Crippen molar-refractivity contribution >= 4 is 33.1 Å². The number of halogens is 1. The molecule has 1 fully saturated rings. The molecule has 2 N–H and O–H groups in total. The van der Waals surface area contributed by atoms with Crippen LogP contribution in [0.4, 0.5) is 10.1 Å². The second-order valence-corrected chi connectivity index (χ2v) is 6.89. The number of benzene rings is 2. The number of para-hydroxylation sites is 1. The summed E-state index contributed by atoms with van der Waals surface area (Å²) in [6, 6.07) is 12.2. The quantitative estimate of drug-likeness (QED) is 0.764. The second kappa shape index (κ2) is 6.30. The van der Waals surface area contributed by atoms with E-state index in [4.69, 9.17) is 0 Å². The molecule has 1 saturated heterocycles. The van der Waals surface area contributed by atoms with Crippen LogP contribution in [0.1, 0.15) is 6.42 Å². The van der Waals surface area contributed by atoms with E-state index in [1.807, 2.05) is 24.3 Å². The lowest BCUT2D eigenvalue weighted by atomic mass is 10.1. The van der Waals surface area contributed by atoms with E-state index in [0.717, 1.165) is 23.2 Å². The summed E-state index contributed by atoms with van der Waals surface area (Å²) in [7, 11) is 0. The first-order chi connectivity index (χ1) is 11.7. The Morgan fingerprint density at radius 2 is 2.17 bits per heavy atom. The Morgan fingerprint density at radius 1 is 1.29 bits per heavy atom. The Kier molecular flexibility index (Phi) is 4.00. The standard InChI is InChI=1S/C18H16FN3OS/c19-12-5-6-14(21-17(23)11-7-8-20-10-11)13(9-12)18-22-15-3-1-2-4-16(15)24-18/h1-6,9,11,20H,7-8,10H2,(H,21,23). The van der Waals surface area contributed by atoms with E-state index in [-0.39, 0.29) is 17.6 Å². The van der Waals surface area contributed by atoms with Crippen LogP contribution in [0.25, 0.3) is 20.8 Å². The molecule has 1 aliphatic rings. The average Bonchev–Trinajstić information content (AvgIpc) is 3.25. The van der Waals surface area contributed by atoms with Crippen LogP contribution < -0.4 is 10.6 Å². The van der Waals surface area contributed by atoms with Crippen molar-refractivity contribution in [1.29, 1.82) is 0 Å². The molecule has 6 heteroatoms. The van der Waals surface area contributed by atoms with Gasteiger partial charge >= 0.3 is 0 Å². The zero-order valence-electron chi connectivity index (χ0n) is 12.9. The Labute approximate surface area is 142 Å². The van der Waals surface area contributed by atoms with Crippen molar-refractivity contribution in [1.82, 2.24) is 10.3 Å². The summed E-state index contributed by atoms with van der Waals surface area (Å²) in [5, 5.41) is 6.83. The third-order valence-electron chi connectivity index (χ3n) is 4.19. The van der Waals surface area contributed by atoms with E-state index in [1.54, 1.807) is 6.07 Å². The third kappa shape index (κ3) is 2.90. The van der Waals surface area contributed by atoms with Crippen molar-refractivity contribution in [2.75, 3.05) is 18.4 Å². The summed E-state index contributed by atoms with van der Waals surface area (Å²) < 4.78 is 14.8.